The highest BCUT2D eigenvalue weighted by molar-refractivity contribution is 9.10. The summed E-state index contributed by atoms with van der Waals surface area (Å²) in [6.07, 6.45) is 15.0. The number of nitrogen functional groups attached to an aromatic ring is 2. The summed E-state index contributed by atoms with van der Waals surface area (Å²) in [4.78, 5) is 34.7. The van der Waals surface area contributed by atoms with Crippen molar-refractivity contribution in [2.45, 2.75) is 129 Å². The van der Waals surface area contributed by atoms with Gasteiger partial charge in [0.05, 0.1) is 0 Å². The molecule has 344 valence electrons. The lowest BCUT2D eigenvalue weighted by Crippen LogP contribution is -2.50. The van der Waals surface area contributed by atoms with Gasteiger partial charge in [0.1, 0.15) is 22.7 Å². The fraction of sp³-hybridized carbons (Fsp3) is 0.565. The van der Waals surface area contributed by atoms with Crippen LogP contribution in [0.2, 0.25) is 0 Å². The number of amidine groups is 2. The molecule has 14 nitrogen and oxygen atoms in total. The summed E-state index contributed by atoms with van der Waals surface area (Å²) in [5, 5.41) is 8.23. The maximum absolute atomic E-state index is 12.9. The Morgan fingerprint density at radius 3 is 1.40 bits per heavy atom. The van der Waals surface area contributed by atoms with Crippen LogP contribution >= 0.6 is 15.9 Å². The molecule has 2 saturated carbocycles. The van der Waals surface area contributed by atoms with E-state index in [1.165, 1.54) is 63.7 Å². The monoisotopic (exact) mass is 968 g/mol. The van der Waals surface area contributed by atoms with Crippen molar-refractivity contribution < 1.29 is 26.4 Å². The molecule has 4 heterocycles. The Balaban J connectivity index is 0.000000178. The first-order valence-corrected chi connectivity index (χ1v) is 26.1. The van der Waals surface area contributed by atoms with Crippen LogP contribution in [0.1, 0.15) is 118 Å². The number of halogens is 1. The van der Waals surface area contributed by atoms with E-state index in [1.807, 2.05) is 52.0 Å². The van der Waals surface area contributed by atoms with Crippen molar-refractivity contribution in [2.24, 2.45) is 21.8 Å². The zero-order valence-corrected chi connectivity index (χ0v) is 40.4. The van der Waals surface area contributed by atoms with Gasteiger partial charge in [-0.2, -0.15) is 8.61 Å². The molecule has 2 amide bonds. The number of nitrogens with zero attached hydrogens (tertiary/aromatic N) is 4. The van der Waals surface area contributed by atoms with Crippen LogP contribution in [0.25, 0.3) is 6.08 Å². The Kier molecular flexibility index (Phi) is 15.5. The molecule has 4 aliphatic heterocycles. The molecule has 0 unspecified atom stereocenters. The summed E-state index contributed by atoms with van der Waals surface area (Å²) < 4.78 is 53.5. The normalized spacial score (nSPS) is 22.1. The smallest absolute Gasteiger partial charge is 0.253 e. The SMILES string of the molecule is C=CS(=O)(=O)N1CCC2(CC1)N=C(C1CCCCC1)NC2=O.Cc1cc(N)cc(C)c1/C=C/S(=O)(=O)N1CCC2(CC1)N=C(C1CCCCC1)NC2=O.Cc1cc(N)cc(C)c1Br. The van der Waals surface area contributed by atoms with Crippen molar-refractivity contribution in [3.63, 3.8) is 0 Å². The van der Waals surface area contributed by atoms with Crippen molar-refractivity contribution in [1.29, 1.82) is 0 Å². The highest BCUT2D eigenvalue weighted by atomic mass is 79.9. The van der Waals surface area contributed by atoms with E-state index in [0.29, 0.717) is 69.4 Å². The number of benzene rings is 2. The average molecular weight is 970 g/mol. The maximum Gasteiger partial charge on any atom is 0.253 e. The molecule has 8 rings (SSSR count). The lowest BCUT2D eigenvalue weighted by molar-refractivity contribution is -0.125. The molecule has 17 heteroatoms. The number of carbonyl (C=O) groups is 2. The van der Waals surface area contributed by atoms with Crippen LogP contribution in [0.3, 0.4) is 0 Å². The molecule has 0 radical (unpaired) electrons. The predicted octanol–water partition coefficient (Wildman–Crippen LogP) is 7.18. The first-order valence-electron chi connectivity index (χ1n) is 22.3. The number of rotatable bonds is 7. The van der Waals surface area contributed by atoms with Gasteiger partial charge < -0.3 is 22.1 Å². The summed E-state index contributed by atoms with van der Waals surface area (Å²) >= 11 is 3.46. The molecule has 0 bridgehead atoms. The Bertz CT molecular complexity index is 2320. The number of hydrogen-bond acceptors (Lipinski definition) is 10. The molecular formula is C46H65BrN8O6S2. The van der Waals surface area contributed by atoms with Crippen LogP contribution in [-0.2, 0) is 29.6 Å². The zero-order chi connectivity index (χ0) is 45.7. The molecule has 2 aromatic carbocycles. The van der Waals surface area contributed by atoms with Gasteiger partial charge in [0, 0.05) is 64.7 Å². The number of aliphatic imine (C=N–C) groups is 2. The predicted molar refractivity (Wildman–Crippen MR) is 257 cm³/mol. The second kappa shape index (κ2) is 20.1. The lowest BCUT2D eigenvalue weighted by atomic mass is 9.88. The molecule has 2 saturated heterocycles. The van der Waals surface area contributed by atoms with Gasteiger partial charge in [-0.05, 0) is 137 Å². The molecule has 0 aromatic heterocycles. The third-order valence-corrected chi connectivity index (χ3v) is 17.8. The Labute approximate surface area is 382 Å². The summed E-state index contributed by atoms with van der Waals surface area (Å²) in [5.74, 6) is 2.26. The highest BCUT2D eigenvalue weighted by Gasteiger charge is 2.49. The van der Waals surface area contributed by atoms with Crippen molar-refractivity contribution in [2.75, 3.05) is 37.6 Å². The molecule has 2 spiro atoms. The van der Waals surface area contributed by atoms with Gasteiger partial charge in [0.15, 0.2) is 0 Å². The van der Waals surface area contributed by atoms with Gasteiger partial charge in [-0.1, -0.05) is 61.0 Å². The van der Waals surface area contributed by atoms with E-state index in [1.54, 1.807) is 6.08 Å². The summed E-state index contributed by atoms with van der Waals surface area (Å²) in [7, 11) is -6.98. The first-order chi connectivity index (χ1) is 29.8. The number of amides is 2. The van der Waals surface area contributed by atoms with E-state index < -0.39 is 31.1 Å². The maximum atomic E-state index is 12.9. The number of hydrogen-bond donors (Lipinski definition) is 4. The second-order valence-corrected chi connectivity index (χ2v) is 22.5. The summed E-state index contributed by atoms with van der Waals surface area (Å²) in [6.45, 7) is 12.5. The van der Waals surface area contributed by atoms with E-state index in [2.05, 4.69) is 33.1 Å². The van der Waals surface area contributed by atoms with Gasteiger partial charge in [-0.25, -0.2) is 16.8 Å². The van der Waals surface area contributed by atoms with E-state index in [9.17, 15) is 26.4 Å². The molecule has 6 N–H and O–H groups in total. The summed E-state index contributed by atoms with van der Waals surface area (Å²) in [6, 6.07) is 7.59. The number of sulfonamides is 2. The molecule has 6 aliphatic rings. The fourth-order valence-corrected chi connectivity index (χ4v) is 12.0. The minimum atomic E-state index is -3.58. The van der Waals surface area contributed by atoms with Gasteiger partial charge in [-0.3, -0.25) is 19.6 Å². The second-order valence-electron chi connectivity index (χ2n) is 18.0. The molecule has 63 heavy (non-hydrogen) atoms. The van der Waals surface area contributed by atoms with Gasteiger partial charge in [0.25, 0.3) is 11.8 Å². The Morgan fingerprint density at radius 2 is 1.02 bits per heavy atom. The third kappa shape index (κ3) is 11.3. The number of carbonyl (C=O) groups excluding carboxylic acids is 2. The lowest BCUT2D eigenvalue weighted by Gasteiger charge is -2.34. The van der Waals surface area contributed by atoms with Crippen LogP contribution in [0.15, 0.2) is 56.1 Å². The van der Waals surface area contributed by atoms with Crippen LogP contribution in [0.5, 0.6) is 0 Å². The van der Waals surface area contributed by atoms with Crippen molar-refractivity contribution >= 4 is 76.9 Å². The molecule has 2 aromatic rings. The molecule has 4 fully saturated rings. The van der Waals surface area contributed by atoms with Crippen LogP contribution in [0.4, 0.5) is 11.4 Å². The number of anilines is 2. The number of aryl methyl sites for hydroxylation is 4. The standard InChI is InChI=1S/C23H32N4O3S.C15H23N3O3S.C8H10BrN/c1-16-14-19(24)15-17(2)20(16)8-13-31(29,30)27-11-9-23(10-12-27)22(28)25-21(26-23)18-6-4-3-5-7-18;1-2-22(20,21)18-10-8-15(9-11-18)14(19)16-13(17-15)12-6-4-3-5-7-12;1-5-3-7(10)4-6(2)8(5)9/h8,13-15,18H,3-7,9-12,24H2,1-2H3,(H,25,26,28);2,12H,1,3-11H2,(H,16,17,19);3-4H,10H2,1-2H3/b13-8+;;. The number of piperidine rings is 2. The quantitative estimate of drug-likeness (QED) is 0.209. The van der Waals surface area contributed by atoms with Crippen LogP contribution in [-0.4, -0.2) is 86.2 Å². The third-order valence-electron chi connectivity index (χ3n) is 13.5. The highest BCUT2D eigenvalue weighted by Crippen LogP contribution is 2.37. The van der Waals surface area contributed by atoms with E-state index in [4.69, 9.17) is 21.5 Å². The minimum Gasteiger partial charge on any atom is -0.399 e. The van der Waals surface area contributed by atoms with Crippen molar-refractivity contribution in [3.05, 3.63) is 74.0 Å². The van der Waals surface area contributed by atoms with Gasteiger partial charge in [0.2, 0.25) is 20.0 Å². The van der Waals surface area contributed by atoms with Gasteiger partial charge in [-0.15, -0.1) is 0 Å². The summed E-state index contributed by atoms with van der Waals surface area (Å²) in [5.41, 5.74) is 16.5. The fourth-order valence-electron chi connectivity index (χ4n) is 9.72. The molecule has 2 aliphatic carbocycles. The Hall–Kier alpha value is -3.90. The van der Waals surface area contributed by atoms with E-state index in [0.717, 1.165) is 69.6 Å². The number of nitrogens with one attached hydrogen (secondary N) is 2. The largest absolute Gasteiger partial charge is 0.399 e. The van der Waals surface area contributed by atoms with Gasteiger partial charge >= 0.3 is 0 Å². The molecular weight excluding hydrogens is 905 g/mol. The first kappa shape index (κ1) is 48.6. The van der Waals surface area contributed by atoms with Crippen molar-refractivity contribution in [1.82, 2.24) is 19.2 Å². The van der Waals surface area contributed by atoms with E-state index in [-0.39, 0.29) is 11.8 Å². The van der Waals surface area contributed by atoms with Crippen molar-refractivity contribution in [3.8, 4) is 0 Å². The average Bonchev–Trinajstić information content (AvgIpc) is 3.75. The zero-order valence-electron chi connectivity index (χ0n) is 37.2. The topological polar surface area (TPSA) is 210 Å². The minimum absolute atomic E-state index is 0.0521. The van der Waals surface area contributed by atoms with Crippen LogP contribution in [0, 0.1) is 39.5 Å². The Morgan fingerprint density at radius 1 is 0.651 bits per heavy atom. The van der Waals surface area contributed by atoms with Crippen LogP contribution < -0.4 is 22.1 Å². The molecule has 0 atom stereocenters. The van der Waals surface area contributed by atoms with E-state index >= 15 is 0 Å². The number of nitrogens with two attached hydrogens (primary N) is 2.